The van der Waals surface area contributed by atoms with Gasteiger partial charge in [0.1, 0.15) is 5.82 Å². The van der Waals surface area contributed by atoms with Gasteiger partial charge in [0, 0.05) is 25.3 Å². The number of benzene rings is 1. The Morgan fingerprint density at radius 2 is 1.95 bits per heavy atom. The smallest absolute Gasteiger partial charge is 0.125 e. The van der Waals surface area contributed by atoms with Crippen LogP contribution >= 0.6 is 0 Å². The monoisotopic (exact) mass is 294 g/mol. The molecule has 21 heavy (non-hydrogen) atoms. The van der Waals surface area contributed by atoms with Gasteiger partial charge in [0.05, 0.1) is 0 Å². The molecule has 0 aliphatic heterocycles. The van der Waals surface area contributed by atoms with E-state index < -0.39 is 0 Å². The Balaban J connectivity index is 2.78. The zero-order chi connectivity index (χ0) is 15.7. The number of nitrogens with zero attached hydrogens (tertiary/aromatic N) is 1. The van der Waals surface area contributed by atoms with E-state index in [-0.39, 0.29) is 11.2 Å². The predicted octanol–water partition coefficient (Wildman–Crippen LogP) is 4.46. The van der Waals surface area contributed by atoms with E-state index in [2.05, 4.69) is 37.9 Å². The van der Waals surface area contributed by atoms with Gasteiger partial charge in [0.15, 0.2) is 0 Å². The second kappa shape index (κ2) is 9.04. The fourth-order valence-corrected chi connectivity index (χ4v) is 2.91. The van der Waals surface area contributed by atoms with E-state index in [9.17, 15) is 4.39 Å². The summed E-state index contributed by atoms with van der Waals surface area (Å²) in [6.45, 7) is 12.8. The Morgan fingerprint density at radius 1 is 1.19 bits per heavy atom. The van der Waals surface area contributed by atoms with Crippen LogP contribution in [0.15, 0.2) is 24.3 Å². The lowest BCUT2D eigenvalue weighted by atomic mass is 9.84. The van der Waals surface area contributed by atoms with Gasteiger partial charge in [-0.05, 0) is 49.9 Å². The first-order valence-corrected chi connectivity index (χ1v) is 8.26. The van der Waals surface area contributed by atoms with E-state index in [1.165, 1.54) is 18.9 Å². The summed E-state index contributed by atoms with van der Waals surface area (Å²) in [4.78, 5) is 2.28. The molecule has 0 aliphatic rings. The van der Waals surface area contributed by atoms with Crippen molar-refractivity contribution >= 4 is 5.69 Å². The Kier molecular flexibility index (Phi) is 7.73. The molecule has 0 spiro atoms. The van der Waals surface area contributed by atoms with Gasteiger partial charge in [0.2, 0.25) is 0 Å². The lowest BCUT2D eigenvalue weighted by Gasteiger charge is -2.36. The van der Waals surface area contributed by atoms with Gasteiger partial charge in [-0.25, -0.2) is 4.39 Å². The minimum atomic E-state index is -0.160. The summed E-state index contributed by atoms with van der Waals surface area (Å²) in [6.07, 6.45) is 3.50. The second-order valence-electron chi connectivity index (χ2n) is 6.23. The molecule has 0 radical (unpaired) electrons. The number of nitrogens with one attached hydrogen (secondary N) is 1. The first-order valence-electron chi connectivity index (χ1n) is 8.26. The minimum Gasteiger partial charge on any atom is -0.371 e. The van der Waals surface area contributed by atoms with Crippen molar-refractivity contribution in [3.05, 3.63) is 30.1 Å². The van der Waals surface area contributed by atoms with Gasteiger partial charge in [0.25, 0.3) is 0 Å². The highest BCUT2D eigenvalue weighted by atomic mass is 19.1. The maximum atomic E-state index is 13.5. The first kappa shape index (κ1) is 18.0. The zero-order valence-corrected chi connectivity index (χ0v) is 14.1. The maximum absolute atomic E-state index is 13.5. The zero-order valence-electron chi connectivity index (χ0n) is 14.1. The number of rotatable bonds is 10. The van der Waals surface area contributed by atoms with Crippen LogP contribution in [-0.2, 0) is 0 Å². The highest BCUT2D eigenvalue weighted by Gasteiger charge is 2.26. The SMILES string of the molecule is CCCNCC(C)(CCC)CN(CC)c1cccc(F)c1. The summed E-state index contributed by atoms with van der Waals surface area (Å²) in [7, 11) is 0. The molecule has 0 fully saturated rings. The molecule has 1 aromatic rings. The molecular formula is C18H31FN2. The van der Waals surface area contributed by atoms with Crippen molar-refractivity contribution in [1.82, 2.24) is 5.32 Å². The van der Waals surface area contributed by atoms with Crippen molar-refractivity contribution in [1.29, 1.82) is 0 Å². The van der Waals surface area contributed by atoms with Crippen molar-refractivity contribution in [2.75, 3.05) is 31.1 Å². The van der Waals surface area contributed by atoms with Gasteiger partial charge >= 0.3 is 0 Å². The predicted molar refractivity (Wildman–Crippen MR) is 90.5 cm³/mol. The van der Waals surface area contributed by atoms with Crippen molar-refractivity contribution in [2.24, 2.45) is 5.41 Å². The third kappa shape index (κ3) is 6.04. The molecule has 1 unspecified atom stereocenters. The molecule has 1 atom stereocenters. The molecule has 1 rings (SSSR count). The summed E-state index contributed by atoms with van der Waals surface area (Å²) in [5.74, 6) is -0.160. The van der Waals surface area contributed by atoms with Crippen LogP contribution < -0.4 is 10.2 Å². The average Bonchev–Trinajstić information content (AvgIpc) is 2.45. The molecule has 0 aromatic heterocycles. The van der Waals surface area contributed by atoms with Crippen molar-refractivity contribution in [3.8, 4) is 0 Å². The van der Waals surface area contributed by atoms with E-state index in [0.717, 1.165) is 38.3 Å². The molecule has 3 heteroatoms. The van der Waals surface area contributed by atoms with E-state index in [0.29, 0.717) is 0 Å². The van der Waals surface area contributed by atoms with E-state index >= 15 is 0 Å². The molecule has 0 saturated carbocycles. The topological polar surface area (TPSA) is 15.3 Å². The molecule has 0 bridgehead atoms. The van der Waals surface area contributed by atoms with Crippen LogP contribution in [0.2, 0.25) is 0 Å². The Hall–Kier alpha value is -1.09. The lowest BCUT2D eigenvalue weighted by Crippen LogP contribution is -2.42. The largest absolute Gasteiger partial charge is 0.371 e. The highest BCUT2D eigenvalue weighted by molar-refractivity contribution is 5.46. The Morgan fingerprint density at radius 3 is 2.52 bits per heavy atom. The molecule has 1 aromatic carbocycles. The fraction of sp³-hybridized carbons (Fsp3) is 0.667. The summed E-state index contributed by atoms with van der Waals surface area (Å²) >= 11 is 0. The molecule has 0 saturated heterocycles. The Labute approximate surface area is 129 Å². The van der Waals surface area contributed by atoms with Gasteiger partial charge in [-0.1, -0.05) is 33.3 Å². The average molecular weight is 294 g/mol. The quantitative estimate of drug-likeness (QED) is 0.641. The van der Waals surface area contributed by atoms with Crippen molar-refractivity contribution in [2.45, 2.75) is 47.0 Å². The Bertz CT molecular complexity index is 408. The summed E-state index contributed by atoms with van der Waals surface area (Å²) in [6, 6.07) is 6.93. The molecule has 0 heterocycles. The summed E-state index contributed by atoms with van der Waals surface area (Å²) in [5.41, 5.74) is 1.20. The maximum Gasteiger partial charge on any atom is 0.125 e. The molecule has 0 aliphatic carbocycles. The van der Waals surface area contributed by atoms with Gasteiger partial charge in [-0.15, -0.1) is 0 Å². The number of hydrogen-bond acceptors (Lipinski definition) is 2. The number of halogens is 1. The fourth-order valence-electron chi connectivity index (χ4n) is 2.91. The standard InChI is InChI=1S/C18H31FN2/c1-5-11-18(4,14-20-12-6-2)15-21(7-3)17-10-8-9-16(19)13-17/h8-10,13,20H,5-7,11-12,14-15H2,1-4H3. The second-order valence-corrected chi connectivity index (χ2v) is 6.23. The van der Waals surface area contributed by atoms with Crippen LogP contribution in [0.4, 0.5) is 10.1 Å². The van der Waals surface area contributed by atoms with Gasteiger partial charge in [-0.2, -0.15) is 0 Å². The summed E-state index contributed by atoms with van der Waals surface area (Å²) in [5, 5.41) is 3.55. The summed E-state index contributed by atoms with van der Waals surface area (Å²) < 4.78 is 13.5. The van der Waals surface area contributed by atoms with Gasteiger partial charge in [-0.3, -0.25) is 0 Å². The van der Waals surface area contributed by atoms with Crippen LogP contribution in [0.1, 0.15) is 47.0 Å². The van der Waals surface area contributed by atoms with Crippen molar-refractivity contribution < 1.29 is 4.39 Å². The molecule has 120 valence electrons. The van der Waals surface area contributed by atoms with Crippen molar-refractivity contribution in [3.63, 3.8) is 0 Å². The van der Waals surface area contributed by atoms with Crippen LogP contribution in [0, 0.1) is 11.2 Å². The third-order valence-electron chi connectivity index (χ3n) is 3.96. The van der Waals surface area contributed by atoms with E-state index in [1.54, 1.807) is 12.1 Å². The van der Waals surface area contributed by atoms with Crippen LogP contribution in [0.25, 0.3) is 0 Å². The van der Waals surface area contributed by atoms with Crippen LogP contribution in [-0.4, -0.2) is 26.2 Å². The number of anilines is 1. The van der Waals surface area contributed by atoms with E-state index in [1.807, 2.05) is 6.07 Å². The molecule has 2 nitrogen and oxygen atoms in total. The lowest BCUT2D eigenvalue weighted by molar-refractivity contribution is 0.281. The number of hydrogen-bond donors (Lipinski definition) is 1. The van der Waals surface area contributed by atoms with Crippen LogP contribution in [0.3, 0.4) is 0 Å². The first-order chi connectivity index (χ1) is 10.0. The van der Waals surface area contributed by atoms with Crippen LogP contribution in [0.5, 0.6) is 0 Å². The molecular weight excluding hydrogens is 263 g/mol. The molecule has 1 N–H and O–H groups in total. The van der Waals surface area contributed by atoms with E-state index in [4.69, 9.17) is 0 Å². The molecule has 0 amide bonds. The highest BCUT2D eigenvalue weighted by Crippen LogP contribution is 2.27. The minimum absolute atomic E-state index is 0.160. The normalized spacial score (nSPS) is 14.0. The van der Waals surface area contributed by atoms with Gasteiger partial charge < -0.3 is 10.2 Å². The third-order valence-corrected chi connectivity index (χ3v) is 3.96.